The number of halogens is 3. The topological polar surface area (TPSA) is 177 Å². The smallest absolute Gasteiger partial charge is 0.323 e. The highest BCUT2D eigenvalue weighted by molar-refractivity contribution is 7.82. The molecule has 2 heterocycles. The predicted octanol–water partition coefficient (Wildman–Crippen LogP) is 8.59. The molecule has 298 valence electrons. The van der Waals surface area contributed by atoms with Gasteiger partial charge in [0, 0.05) is 35.0 Å². The van der Waals surface area contributed by atoms with E-state index in [4.69, 9.17) is 59.1 Å². The van der Waals surface area contributed by atoms with Gasteiger partial charge in [0.15, 0.2) is 17.0 Å². The Morgan fingerprint density at radius 3 is 2.28 bits per heavy atom. The van der Waals surface area contributed by atoms with E-state index < -0.39 is 31.5 Å². The Morgan fingerprint density at radius 2 is 1.79 bits per heavy atom. The van der Waals surface area contributed by atoms with Gasteiger partial charge in [0.05, 0.1) is 25.6 Å². The molecule has 0 fully saturated rings. The number of ether oxygens (including phenoxy) is 2. The third kappa shape index (κ3) is 19.9. The van der Waals surface area contributed by atoms with Crippen LogP contribution in [-0.2, 0) is 29.8 Å². The van der Waals surface area contributed by atoms with E-state index in [0.29, 0.717) is 39.2 Å². The van der Waals surface area contributed by atoms with Crippen molar-refractivity contribution in [3.05, 3.63) is 70.5 Å². The fraction of sp³-hybridized carbons (Fsp3) is 0.471. The number of nitrogens with one attached hydrogen (secondary N) is 3. The number of hydrogen-bond donors (Lipinski definition) is 4. The zero-order valence-corrected chi connectivity index (χ0v) is 36.0. The summed E-state index contributed by atoms with van der Waals surface area (Å²) in [7, 11) is -1.50. The van der Waals surface area contributed by atoms with Crippen LogP contribution in [0, 0.1) is 0 Å². The highest BCUT2D eigenvalue weighted by atomic mass is 35.5. The first kappa shape index (κ1) is 50.1. The average Bonchev–Trinajstić information content (AvgIpc) is 3.57. The van der Waals surface area contributed by atoms with Crippen LogP contribution in [0.2, 0.25) is 5.02 Å². The number of imidazole rings is 1. The van der Waals surface area contributed by atoms with Crippen molar-refractivity contribution in [1.29, 1.82) is 0 Å². The van der Waals surface area contributed by atoms with E-state index in [2.05, 4.69) is 36.9 Å². The second kappa shape index (κ2) is 28.6. The van der Waals surface area contributed by atoms with Gasteiger partial charge in [-0.15, -0.1) is 0 Å². The van der Waals surface area contributed by atoms with Crippen molar-refractivity contribution in [3.63, 3.8) is 0 Å². The molecule has 0 aliphatic carbocycles. The van der Waals surface area contributed by atoms with E-state index in [1.54, 1.807) is 58.5 Å². The normalized spacial score (nSPS) is 13.9. The molecular formula is C34H54Cl3N8O6PS. The molecule has 14 nitrogen and oxygen atoms in total. The number of rotatable bonds is 17. The molecule has 3 rings (SSSR count). The number of benzene rings is 1. The van der Waals surface area contributed by atoms with Crippen molar-refractivity contribution in [3.8, 4) is 5.75 Å². The van der Waals surface area contributed by atoms with Crippen LogP contribution in [0.3, 0.4) is 0 Å². The molecule has 0 aliphatic heterocycles. The van der Waals surface area contributed by atoms with E-state index in [-0.39, 0.29) is 31.3 Å². The number of esters is 1. The first-order chi connectivity index (χ1) is 25.2. The summed E-state index contributed by atoms with van der Waals surface area (Å²) >= 11 is 16.6. The van der Waals surface area contributed by atoms with E-state index in [1.807, 2.05) is 51.3 Å². The average molecular weight is 840 g/mol. The van der Waals surface area contributed by atoms with Crippen molar-refractivity contribution >= 4 is 83.2 Å². The second-order valence-corrected chi connectivity index (χ2v) is 13.9. The molecule has 5 atom stereocenters. The van der Waals surface area contributed by atoms with Gasteiger partial charge in [-0.05, 0) is 77.8 Å². The highest BCUT2D eigenvalue weighted by Crippen LogP contribution is 2.37. The Hall–Kier alpha value is -2.85. The van der Waals surface area contributed by atoms with Crippen molar-refractivity contribution in [2.75, 3.05) is 37.7 Å². The molecule has 5 N–H and O–H groups in total. The predicted molar refractivity (Wildman–Crippen MR) is 221 cm³/mol. The van der Waals surface area contributed by atoms with Crippen LogP contribution in [0.15, 0.2) is 65.5 Å². The Balaban J connectivity index is 0.00000179. The molecular weight excluding hydrogens is 786 g/mol. The lowest BCUT2D eigenvalue weighted by molar-refractivity contribution is -0.144. The Morgan fingerprint density at radius 1 is 1.17 bits per heavy atom. The lowest BCUT2D eigenvalue weighted by atomic mass is 10.1. The summed E-state index contributed by atoms with van der Waals surface area (Å²) in [5.74, 6) is 0.445. The van der Waals surface area contributed by atoms with Crippen molar-refractivity contribution in [1.82, 2.24) is 29.4 Å². The van der Waals surface area contributed by atoms with E-state index in [1.165, 1.54) is 11.8 Å². The van der Waals surface area contributed by atoms with Gasteiger partial charge in [-0.25, -0.2) is 14.3 Å². The molecule has 5 unspecified atom stereocenters. The molecule has 1 aromatic carbocycles. The lowest BCUT2D eigenvalue weighted by Crippen LogP contribution is -2.34. The summed E-state index contributed by atoms with van der Waals surface area (Å²) in [6.45, 7) is 19.0. The second-order valence-electron chi connectivity index (χ2n) is 10.4. The Bertz CT molecular complexity index is 1600. The molecule has 0 spiro atoms. The van der Waals surface area contributed by atoms with Gasteiger partial charge in [0.1, 0.15) is 22.8 Å². The zero-order valence-electron chi connectivity index (χ0n) is 32.0. The first-order valence-electron chi connectivity index (χ1n) is 16.6. The minimum absolute atomic E-state index is 0.0334. The van der Waals surface area contributed by atoms with Gasteiger partial charge in [-0.2, -0.15) is 14.8 Å². The number of hydrazine groups is 1. The number of carbonyl (C=O) groups is 1. The van der Waals surface area contributed by atoms with Crippen LogP contribution in [0.1, 0.15) is 67.9 Å². The SMILES string of the molecule is C/C=C\C.C=C(Cl)/C(C)=C/Cl.CC.CCOC(=O)C(C)NP(OCC(CC(C)n1cnc2c(NNS(C)=O)nc(N)nc21)OC)Oc1ccc(Cl)cc1. The number of anilines is 2. The number of methoxy groups -OCH3 is 1. The fourth-order valence-electron chi connectivity index (χ4n) is 3.56. The number of nitrogens with zero attached hydrogens (tertiary/aromatic N) is 4. The van der Waals surface area contributed by atoms with Crippen LogP contribution >= 0.6 is 43.3 Å². The zero-order chi connectivity index (χ0) is 40.5. The molecule has 0 saturated heterocycles. The summed E-state index contributed by atoms with van der Waals surface area (Å²) in [5.41, 5.74) is 11.8. The number of aromatic nitrogens is 4. The van der Waals surface area contributed by atoms with Gasteiger partial charge in [0.2, 0.25) is 5.95 Å². The summed E-state index contributed by atoms with van der Waals surface area (Å²) in [4.78, 5) is 27.7. The van der Waals surface area contributed by atoms with Crippen LogP contribution in [0.4, 0.5) is 11.8 Å². The molecule has 0 radical (unpaired) electrons. The summed E-state index contributed by atoms with van der Waals surface area (Å²) in [6, 6.07) is 6.02. The van der Waals surface area contributed by atoms with Crippen LogP contribution in [-0.4, -0.2) is 68.4 Å². The number of carbonyl (C=O) groups excluding carboxylic acids is 1. The quantitative estimate of drug-likeness (QED) is 0.0335. The summed E-state index contributed by atoms with van der Waals surface area (Å²) in [5, 5.41) is 4.12. The fourth-order valence-corrected chi connectivity index (χ4v) is 5.38. The molecule has 3 aromatic rings. The summed E-state index contributed by atoms with van der Waals surface area (Å²) < 4.78 is 36.1. The molecule has 2 aromatic heterocycles. The van der Waals surface area contributed by atoms with Gasteiger partial charge >= 0.3 is 14.5 Å². The third-order valence-corrected chi connectivity index (χ3v) is 9.03. The number of hydrogen-bond acceptors (Lipinski definition) is 12. The number of fused-ring (bicyclic) bond motifs is 1. The standard InChI is InChI=1S/C23H34ClN8O6PS.C5H6Cl2.C4H8.C2H6/c1-6-36-22(33)15(3)30-39(38-17-9-7-16(24)8-10-17)37-12-18(35-4)11-14(2)32-13-26-19-20(29-31-40(5)34)27-23(25)28-21(19)32;1-4(3-6)5(2)7;1-3-4-2;1-2/h7-10,13-15,18,30-31H,6,11-12H2,1-5H3,(H3,25,27,28,29);3H,2H2,1H3;3-4H,1-2H3;1-2H3/b;4-3+;4-3-;. The molecule has 0 aliphatic rings. The van der Waals surface area contributed by atoms with Crippen molar-refractivity contribution < 1.29 is 27.5 Å². The lowest BCUT2D eigenvalue weighted by Gasteiger charge is -2.25. The minimum Gasteiger partial charge on any atom is -0.465 e. The Labute approximate surface area is 332 Å². The highest BCUT2D eigenvalue weighted by Gasteiger charge is 2.25. The monoisotopic (exact) mass is 838 g/mol. The van der Waals surface area contributed by atoms with Crippen molar-refractivity contribution in [2.45, 2.75) is 80.0 Å². The largest absolute Gasteiger partial charge is 0.465 e. The van der Waals surface area contributed by atoms with Gasteiger partial charge in [-0.3, -0.25) is 10.2 Å². The van der Waals surface area contributed by atoms with E-state index in [0.717, 1.165) is 5.57 Å². The molecule has 0 amide bonds. The third-order valence-electron chi connectivity index (χ3n) is 6.41. The van der Waals surface area contributed by atoms with Crippen LogP contribution in [0.5, 0.6) is 5.75 Å². The van der Waals surface area contributed by atoms with E-state index >= 15 is 0 Å². The molecule has 0 saturated carbocycles. The molecule has 0 bridgehead atoms. The number of allylic oxidation sites excluding steroid dienone is 4. The number of nitrogens with two attached hydrogens (primary N) is 1. The maximum atomic E-state index is 12.2. The molecule has 19 heteroatoms. The van der Waals surface area contributed by atoms with Crippen LogP contribution < -0.4 is 25.6 Å². The van der Waals surface area contributed by atoms with Crippen LogP contribution in [0.25, 0.3) is 11.2 Å². The number of nitrogen functional groups attached to an aromatic ring is 1. The molecule has 53 heavy (non-hydrogen) atoms. The first-order valence-corrected chi connectivity index (χ1v) is 20.5. The maximum Gasteiger partial charge on any atom is 0.323 e. The Kier molecular flexibility index (Phi) is 27.0. The van der Waals surface area contributed by atoms with E-state index in [9.17, 15) is 9.00 Å². The minimum atomic E-state index is -1.75. The maximum absolute atomic E-state index is 12.2. The van der Waals surface area contributed by atoms with Gasteiger partial charge in [-0.1, -0.05) is 67.4 Å². The van der Waals surface area contributed by atoms with Gasteiger partial charge < -0.3 is 28.8 Å². The summed E-state index contributed by atoms with van der Waals surface area (Å²) in [6.07, 6.45) is 7.27. The van der Waals surface area contributed by atoms with Crippen molar-refractivity contribution in [2.24, 2.45) is 0 Å². The van der Waals surface area contributed by atoms with Gasteiger partial charge in [0.25, 0.3) is 0 Å².